The SMILES string of the molecule is Cc1cc(C)c(C(c2cc(-c3ccc(O)c(C)c3)cc(C)c2O)c2cc(-c3ccc(O)c(C)c3)cc(C)c2O)c(C)c1. The van der Waals surface area contributed by atoms with Gasteiger partial charge in [0.05, 0.1) is 0 Å². The molecule has 5 rings (SSSR count). The average molecular weight is 559 g/mol. The zero-order valence-electron chi connectivity index (χ0n) is 25.3. The molecule has 0 aromatic heterocycles. The Hall–Kier alpha value is -4.70. The van der Waals surface area contributed by atoms with Crippen molar-refractivity contribution in [2.75, 3.05) is 0 Å². The van der Waals surface area contributed by atoms with Gasteiger partial charge in [0.25, 0.3) is 0 Å². The number of rotatable bonds is 5. The van der Waals surface area contributed by atoms with E-state index in [1.807, 2.05) is 76.2 Å². The lowest BCUT2D eigenvalue weighted by Crippen LogP contribution is -2.10. The number of benzene rings is 5. The second-order valence-electron chi connectivity index (χ2n) is 11.7. The van der Waals surface area contributed by atoms with Crippen molar-refractivity contribution < 1.29 is 20.4 Å². The quantitative estimate of drug-likeness (QED) is 0.162. The Morgan fingerprint density at radius 1 is 0.405 bits per heavy atom. The lowest BCUT2D eigenvalue weighted by Gasteiger charge is -2.27. The molecule has 0 spiro atoms. The van der Waals surface area contributed by atoms with Crippen LogP contribution in [0.3, 0.4) is 0 Å². The van der Waals surface area contributed by atoms with Crippen LogP contribution in [-0.2, 0) is 0 Å². The van der Waals surface area contributed by atoms with Crippen LogP contribution in [0, 0.1) is 48.5 Å². The van der Waals surface area contributed by atoms with Gasteiger partial charge in [-0.3, -0.25) is 0 Å². The summed E-state index contributed by atoms with van der Waals surface area (Å²) in [6.45, 7) is 13.7. The van der Waals surface area contributed by atoms with Gasteiger partial charge in [-0.2, -0.15) is 0 Å². The van der Waals surface area contributed by atoms with Gasteiger partial charge in [-0.25, -0.2) is 0 Å². The number of phenols is 4. The van der Waals surface area contributed by atoms with Crippen LogP contribution < -0.4 is 0 Å². The molecule has 0 unspecified atom stereocenters. The maximum Gasteiger partial charge on any atom is 0.122 e. The minimum absolute atomic E-state index is 0.182. The molecule has 5 aromatic carbocycles. The highest BCUT2D eigenvalue weighted by atomic mass is 16.3. The fraction of sp³-hybridized carbons (Fsp3) is 0.211. The Labute approximate surface area is 248 Å². The standard InChI is InChI=1S/C38H38O4/c1-20-12-23(4)35(24(5)13-20)36(31-18-29(16-25(6)37(31)41)27-8-10-33(39)21(2)14-27)32-19-30(17-26(7)38(32)42)28-9-11-34(40)22(3)15-28/h8-19,36,39-42H,1-7H3. The van der Waals surface area contributed by atoms with Crippen molar-refractivity contribution in [3.05, 3.63) is 128 Å². The Bertz CT molecular complexity index is 1720. The number of aromatic hydroxyl groups is 4. The van der Waals surface area contributed by atoms with Crippen LogP contribution in [0.2, 0.25) is 0 Å². The molecule has 4 N–H and O–H groups in total. The van der Waals surface area contributed by atoms with E-state index in [0.29, 0.717) is 11.1 Å². The van der Waals surface area contributed by atoms with E-state index in [9.17, 15) is 20.4 Å². The van der Waals surface area contributed by atoms with Crippen LogP contribution in [0.5, 0.6) is 23.0 Å². The monoisotopic (exact) mass is 558 g/mol. The molecule has 0 aliphatic carbocycles. The minimum Gasteiger partial charge on any atom is -0.508 e. The van der Waals surface area contributed by atoms with Gasteiger partial charge >= 0.3 is 0 Å². The third-order valence-electron chi connectivity index (χ3n) is 8.37. The van der Waals surface area contributed by atoms with E-state index in [2.05, 4.69) is 32.9 Å². The van der Waals surface area contributed by atoms with Gasteiger partial charge in [-0.05, 0) is 158 Å². The van der Waals surface area contributed by atoms with Gasteiger partial charge < -0.3 is 20.4 Å². The predicted molar refractivity (Wildman–Crippen MR) is 171 cm³/mol. The Morgan fingerprint density at radius 3 is 1.17 bits per heavy atom. The third-order valence-corrected chi connectivity index (χ3v) is 8.37. The summed E-state index contributed by atoms with van der Waals surface area (Å²) in [6, 6.07) is 23.2. The van der Waals surface area contributed by atoms with Crippen molar-refractivity contribution in [1.82, 2.24) is 0 Å². The second-order valence-corrected chi connectivity index (χ2v) is 11.7. The molecular formula is C38H38O4. The summed E-state index contributed by atoms with van der Waals surface area (Å²) in [5, 5.41) is 43.6. The second kappa shape index (κ2) is 10.9. The molecular weight excluding hydrogens is 520 g/mol. The van der Waals surface area contributed by atoms with Crippen molar-refractivity contribution in [3.8, 4) is 45.3 Å². The molecule has 0 heterocycles. The number of hydrogen-bond acceptors (Lipinski definition) is 4. The lowest BCUT2D eigenvalue weighted by molar-refractivity contribution is 0.454. The first-order valence-electron chi connectivity index (χ1n) is 14.2. The molecule has 0 fully saturated rings. The maximum absolute atomic E-state index is 11.7. The molecule has 0 aliphatic rings. The summed E-state index contributed by atoms with van der Waals surface area (Å²) in [6.07, 6.45) is 0. The fourth-order valence-corrected chi connectivity index (χ4v) is 6.18. The first-order valence-corrected chi connectivity index (χ1v) is 14.2. The third kappa shape index (κ3) is 5.21. The van der Waals surface area contributed by atoms with Gasteiger partial charge in [0.1, 0.15) is 23.0 Å². The first kappa shape index (κ1) is 28.8. The van der Waals surface area contributed by atoms with Crippen LogP contribution >= 0.6 is 0 Å². The van der Waals surface area contributed by atoms with Gasteiger partial charge in [0, 0.05) is 17.0 Å². The number of hydrogen-bond donors (Lipinski definition) is 4. The Morgan fingerprint density at radius 2 is 0.786 bits per heavy atom. The van der Waals surface area contributed by atoms with E-state index in [1.54, 1.807) is 12.1 Å². The number of aryl methyl sites for hydroxylation is 7. The Balaban J connectivity index is 1.84. The summed E-state index contributed by atoms with van der Waals surface area (Å²) >= 11 is 0. The average Bonchev–Trinajstić information content (AvgIpc) is 2.92. The van der Waals surface area contributed by atoms with E-state index in [4.69, 9.17) is 0 Å². The predicted octanol–water partition coefficient (Wildman–Crippen LogP) is 9.18. The van der Waals surface area contributed by atoms with E-state index in [-0.39, 0.29) is 23.0 Å². The molecule has 42 heavy (non-hydrogen) atoms. The molecule has 0 atom stereocenters. The molecule has 0 aliphatic heterocycles. The van der Waals surface area contributed by atoms with E-state index in [1.165, 1.54) is 0 Å². The molecule has 0 radical (unpaired) electrons. The summed E-state index contributed by atoms with van der Waals surface area (Å²) in [5.41, 5.74) is 12.4. The molecule has 0 bridgehead atoms. The van der Waals surface area contributed by atoms with Crippen LogP contribution in [0.25, 0.3) is 22.3 Å². The topological polar surface area (TPSA) is 80.9 Å². The summed E-state index contributed by atoms with van der Waals surface area (Å²) < 4.78 is 0. The zero-order chi connectivity index (χ0) is 30.5. The van der Waals surface area contributed by atoms with E-state index in [0.717, 1.165) is 66.8 Å². The molecule has 4 heteroatoms. The minimum atomic E-state index is -0.473. The van der Waals surface area contributed by atoms with Gasteiger partial charge in [0.2, 0.25) is 0 Å². The largest absolute Gasteiger partial charge is 0.508 e. The maximum atomic E-state index is 11.7. The van der Waals surface area contributed by atoms with Crippen molar-refractivity contribution in [2.45, 2.75) is 54.4 Å². The molecule has 214 valence electrons. The molecule has 5 aromatic rings. The summed E-state index contributed by atoms with van der Waals surface area (Å²) in [7, 11) is 0. The first-order chi connectivity index (χ1) is 19.8. The summed E-state index contributed by atoms with van der Waals surface area (Å²) in [4.78, 5) is 0. The van der Waals surface area contributed by atoms with Crippen LogP contribution in [0.4, 0.5) is 0 Å². The van der Waals surface area contributed by atoms with E-state index >= 15 is 0 Å². The molecule has 0 saturated carbocycles. The van der Waals surface area contributed by atoms with Crippen LogP contribution in [-0.4, -0.2) is 20.4 Å². The number of phenolic OH excluding ortho intramolecular Hbond substituents is 4. The van der Waals surface area contributed by atoms with Crippen molar-refractivity contribution in [3.63, 3.8) is 0 Å². The van der Waals surface area contributed by atoms with Gasteiger partial charge in [-0.15, -0.1) is 0 Å². The Kier molecular flexibility index (Phi) is 7.51. The zero-order valence-corrected chi connectivity index (χ0v) is 25.3. The lowest BCUT2D eigenvalue weighted by atomic mass is 9.77. The van der Waals surface area contributed by atoms with Gasteiger partial charge in [-0.1, -0.05) is 29.8 Å². The van der Waals surface area contributed by atoms with Crippen molar-refractivity contribution in [1.29, 1.82) is 0 Å². The van der Waals surface area contributed by atoms with Gasteiger partial charge in [0.15, 0.2) is 0 Å². The van der Waals surface area contributed by atoms with Crippen molar-refractivity contribution in [2.24, 2.45) is 0 Å². The molecule has 4 nitrogen and oxygen atoms in total. The van der Waals surface area contributed by atoms with E-state index < -0.39 is 5.92 Å². The summed E-state index contributed by atoms with van der Waals surface area (Å²) in [5.74, 6) is 0.363. The fourth-order valence-electron chi connectivity index (χ4n) is 6.18. The highest BCUT2D eigenvalue weighted by Crippen LogP contribution is 2.47. The normalized spacial score (nSPS) is 11.3. The highest BCUT2D eigenvalue weighted by molar-refractivity contribution is 5.74. The molecule has 0 saturated heterocycles. The smallest absolute Gasteiger partial charge is 0.122 e. The van der Waals surface area contributed by atoms with Crippen molar-refractivity contribution >= 4 is 0 Å². The van der Waals surface area contributed by atoms with Crippen LogP contribution in [0.15, 0.2) is 72.8 Å². The molecule has 0 amide bonds. The van der Waals surface area contributed by atoms with Crippen LogP contribution in [0.1, 0.15) is 61.6 Å². The highest BCUT2D eigenvalue weighted by Gasteiger charge is 2.29.